The van der Waals surface area contributed by atoms with Crippen LogP contribution in [-0.4, -0.2) is 9.91 Å². The number of non-ortho nitro benzene ring substituents is 1. The Balaban J connectivity index is 2.18. The number of nitrogens with zero attached hydrogens (tertiary/aromatic N) is 3. The summed E-state index contributed by atoms with van der Waals surface area (Å²) in [6.45, 7) is 0.423. The molecule has 0 spiro atoms. The molecule has 0 unspecified atom stereocenters. The van der Waals surface area contributed by atoms with Gasteiger partial charge in [-0.2, -0.15) is 5.26 Å². The van der Waals surface area contributed by atoms with Crippen molar-refractivity contribution in [2.45, 2.75) is 6.54 Å². The molecule has 0 aliphatic carbocycles. The summed E-state index contributed by atoms with van der Waals surface area (Å²) in [5.41, 5.74) is 1.46. The number of nitro benzene ring substituents is 1. The maximum atomic E-state index is 10.7. The van der Waals surface area contributed by atoms with E-state index < -0.39 is 4.92 Å². The van der Waals surface area contributed by atoms with Gasteiger partial charge in [-0.25, -0.2) is 4.98 Å². The average Bonchev–Trinajstić information content (AvgIpc) is 2.45. The molecule has 1 aromatic carbocycles. The molecule has 0 saturated carbocycles. The predicted molar refractivity (Wildman–Crippen MR) is 77.1 cm³/mol. The predicted octanol–water partition coefficient (Wildman–Crippen LogP) is 3.24. The third-order valence-corrected chi connectivity index (χ3v) is 3.01. The number of pyridine rings is 1. The SMILES string of the molecule is N#Cc1cc([N+](=O)[O-])ccc1NCc1cccc(Br)n1. The van der Waals surface area contributed by atoms with Crippen LogP contribution < -0.4 is 5.32 Å². The molecule has 1 heterocycles. The molecule has 0 amide bonds. The molecular formula is C13H9BrN4O2. The van der Waals surface area contributed by atoms with Crippen molar-refractivity contribution in [3.8, 4) is 6.07 Å². The number of nitriles is 1. The van der Waals surface area contributed by atoms with Crippen LogP contribution in [0.25, 0.3) is 0 Å². The highest BCUT2D eigenvalue weighted by molar-refractivity contribution is 9.10. The Bertz CT molecular complexity index is 697. The van der Waals surface area contributed by atoms with Crippen LogP contribution in [0, 0.1) is 21.4 Å². The van der Waals surface area contributed by atoms with Crippen LogP contribution in [0.3, 0.4) is 0 Å². The minimum atomic E-state index is -0.527. The van der Waals surface area contributed by atoms with E-state index in [-0.39, 0.29) is 11.3 Å². The van der Waals surface area contributed by atoms with Gasteiger partial charge in [-0.15, -0.1) is 0 Å². The molecule has 0 aliphatic heterocycles. The first-order valence-corrected chi connectivity index (χ1v) is 6.43. The fraction of sp³-hybridized carbons (Fsp3) is 0.0769. The number of rotatable bonds is 4. The van der Waals surface area contributed by atoms with Crippen molar-refractivity contribution >= 4 is 27.3 Å². The highest BCUT2D eigenvalue weighted by atomic mass is 79.9. The Hall–Kier alpha value is -2.46. The minimum absolute atomic E-state index is 0.104. The van der Waals surface area contributed by atoms with E-state index >= 15 is 0 Å². The number of halogens is 1. The van der Waals surface area contributed by atoms with Crippen molar-refractivity contribution < 1.29 is 4.92 Å². The Kier molecular flexibility index (Phi) is 4.27. The first-order valence-electron chi connectivity index (χ1n) is 5.64. The van der Waals surface area contributed by atoms with Gasteiger partial charge in [0.2, 0.25) is 0 Å². The quantitative estimate of drug-likeness (QED) is 0.527. The van der Waals surface area contributed by atoms with Crippen LogP contribution in [-0.2, 0) is 6.54 Å². The molecule has 6 nitrogen and oxygen atoms in total. The monoisotopic (exact) mass is 332 g/mol. The molecule has 0 fully saturated rings. The number of aromatic nitrogens is 1. The largest absolute Gasteiger partial charge is 0.378 e. The topological polar surface area (TPSA) is 91.8 Å². The zero-order valence-corrected chi connectivity index (χ0v) is 11.8. The number of benzene rings is 1. The summed E-state index contributed by atoms with van der Waals surface area (Å²) in [6.07, 6.45) is 0. The molecule has 0 radical (unpaired) electrons. The normalized spacial score (nSPS) is 9.80. The van der Waals surface area contributed by atoms with Crippen LogP contribution in [0.15, 0.2) is 41.0 Å². The lowest BCUT2D eigenvalue weighted by Gasteiger charge is -2.07. The van der Waals surface area contributed by atoms with Crippen LogP contribution in [0.2, 0.25) is 0 Å². The Morgan fingerprint density at radius 1 is 1.40 bits per heavy atom. The summed E-state index contributed by atoms with van der Waals surface area (Å²) in [7, 11) is 0. The zero-order chi connectivity index (χ0) is 14.5. The summed E-state index contributed by atoms with van der Waals surface area (Å²) in [5, 5.41) is 22.7. The lowest BCUT2D eigenvalue weighted by molar-refractivity contribution is -0.384. The van der Waals surface area contributed by atoms with Gasteiger partial charge >= 0.3 is 0 Å². The fourth-order valence-corrected chi connectivity index (χ4v) is 2.01. The highest BCUT2D eigenvalue weighted by Crippen LogP contribution is 2.21. The third kappa shape index (κ3) is 3.30. The van der Waals surface area contributed by atoms with Crippen molar-refractivity contribution in [3.05, 3.63) is 62.4 Å². The highest BCUT2D eigenvalue weighted by Gasteiger charge is 2.10. The molecule has 0 aliphatic rings. The van der Waals surface area contributed by atoms with Crippen molar-refractivity contribution in [1.82, 2.24) is 4.98 Å². The Morgan fingerprint density at radius 2 is 2.20 bits per heavy atom. The second-order valence-corrected chi connectivity index (χ2v) is 4.72. The van der Waals surface area contributed by atoms with Gasteiger partial charge in [0.05, 0.1) is 28.4 Å². The Morgan fingerprint density at radius 3 is 2.85 bits per heavy atom. The van der Waals surface area contributed by atoms with Crippen molar-refractivity contribution in [1.29, 1.82) is 5.26 Å². The summed E-state index contributed by atoms with van der Waals surface area (Å²) < 4.78 is 0.723. The molecule has 1 aromatic heterocycles. The lowest BCUT2D eigenvalue weighted by Crippen LogP contribution is -2.03. The maximum Gasteiger partial charge on any atom is 0.270 e. The van der Waals surface area contributed by atoms with E-state index in [2.05, 4.69) is 26.2 Å². The molecular weight excluding hydrogens is 324 g/mol. The maximum absolute atomic E-state index is 10.7. The first kappa shape index (κ1) is 14.0. The molecule has 0 atom stereocenters. The summed E-state index contributed by atoms with van der Waals surface area (Å²) >= 11 is 3.28. The second-order valence-electron chi connectivity index (χ2n) is 3.90. The van der Waals surface area contributed by atoms with Gasteiger partial charge in [-0.1, -0.05) is 6.07 Å². The van der Waals surface area contributed by atoms with E-state index in [1.54, 1.807) is 0 Å². The van der Waals surface area contributed by atoms with Crippen LogP contribution in [0.5, 0.6) is 0 Å². The van der Waals surface area contributed by atoms with Gasteiger partial charge in [0.15, 0.2) is 0 Å². The smallest absolute Gasteiger partial charge is 0.270 e. The van der Waals surface area contributed by atoms with Gasteiger partial charge in [-0.05, 0) is 34.1 Å². The van der Waals surface area contributed by atoms with Gasteiger partial charge in [-0.3, -0.25) is 10.1 Å². The molecule has 0 saturated heterocycles. The molecule has 2 aromatic rings. The fourth-order valence-electron chi connectivity index (χ4n) is 1.63. The first-order chi connectivity index (χ1) is 9.60. The molecule has 2 rings (SSSR count). The van der Waals surface area contributed by atoms with Crippen molar-refractivity contribution in [2.75, 3.05) is 5.32 Å². The number of hydrogen-bond acceptors (Lipinski definition) is 5. The van der Waals surface area contributed by atoms with Crippen LogP contribution in [0.4, 0.5) is 11.4 Å². The number of anilines is 1. The van der Waals surface area contributed by atoms with Crippen molar-refractivity contribution in [3.63, 3.8) is 0 Å². The van der Waals surface area contributed by atoms with Crippen molar-refractivity contribution in [2.24, 2.45) is 0 Å². The van der Waals surface area contributed by atoms with Crippen LogP contribution in [0.1, 0.15) is 11.3 Å². The van der Waals surface area contributed by atoms with Crippen LogP contribution >= 0.6 is 15.9 Å². The van der Waals surface area contributed by atoms with E-state index in [0.717, 1.165) is 10.3 Å². The summed E-state index contributed by atoms with van der Waals surface area (Å²) in [5.74, 6) is 0. The summed E-state index contributed by atoms with van der Waals surface area (Å²) in [4.78, 5) is 14.4. The molecule has 7 heteroatoms. The van der Waals surface area contributed by atoms with E-state index in [0.29, 0.717) is 12.2 Å². The van der Waals surface area contributed by atoms with E-state index in [9.17, 15) is 10.1 Å². The molecule has 100 valence electrons. The second kappa shape index (κ2) is 6.12. The number of nitro groups is 1. The van der Waals surface area contributed by atoms with E-state index in [1.807, 2.05) is 24.3 Å². The van der Waals surface area contributed by atoms with Gasteiger partial charge in [0, 0.05) is 12.1 Å². The zero-order valence-electron chi connectivity index (χ0n) is 10.2. The number of nitrogens with one attached hydrogen (secondary N) is 1. The van der Waals surface area contributed by atoms with Gasteiger partial charge < -0.3 is 5.32 Å². The van der Waals surface area contributed by atoms with E-state index in [1.165, 1.54) is 18.2 Å². The summed E-state index contributed by atoms with van der Waals surface area (Å²) in [6, 6.07) is 11.6. The Labute approximate surface area is 123 Å². The lowest BCUT2D eigenvalue weighted by atomic mass is 10.1. The minimum Gasteiger partial charge on any atom is -0.378 e. The molecule has 1 N–H and O–H groups in total. The van der Waals surface area contributed by atoms with Gasteiger partial charge in [0.25, 0.3) is 5.69 Å². The third-order valence-electron chi connectivity index (χ3n) is 2.57. The average molecular weight is 333 g/mol. The van der Waals surface area contributed by atoms with Gasteiger partial charge in [0.1, 0.15) is 10.7 Å². The molecule has 20 heavy (non-hydrogen) atoms. The van der Waals surface area contributed by atoms with E-state index in [4.69, 9.17) is 5.26 Å². The number of hydrogen-bond donors (Lipinski definition) is 1. The molecule has 0 bridgehead atoms. The standard InChI is InChI=1S/C13H9BrN4O2/c14-13-3-1-2-10(17-13)8-16-12-5-4-11(18(19)20)6-9(12)7-15/h1-6,16H,8H2.